The molecule has 0 spiro atoms. The number of amides is 2. The van der Waals surface area contributed by atoms with Crippen molar-refractivity contribution in [3.63, 3.8) is 0 Å². The Hall–Kier alpha value is -1.26. The van der Waals surface area contributed by atoms with Crippen LogP contribution in [0.15, 0.2) is 24.3 Å². The number of nitrogens with zero attached hydrogens (tertiary/aromatic N) is 1. The highest BCUT2D eigenvalue weighted by Crippen LogP contribution is 2.30. The molecule has 1 aromatic rings. The lowest BCUT2D eigenvalue weighted by Gasteiger charge is -2.35. The number of carbonyl (C=O) groups is 1. The summed E-state index contributed by atoms with van der Waals surface area (Å²) in [5.41, 5.74) is 1.12. The van der Waals surface area contributed by atoms with Crippen molar-refractivity contribution in [1.82, 2.24) is 15.5 Å². The average molecular weight is 280 g/mol. The lowest BCUT2D eigenvalue weighted by Crippen LogP contribution is -2.45. The van der Waals surface area contributed by atoms with Crippen LogP contribution in [-0.4, -0.2) is 36.6 Å². The fourth-order valence-corrected chi connectivity index (χ4v) is 3.21. The maximum absolute atomic E-state index is 12.1. The Morgan fingerprint density at radius 1 is 1.26 bits per heavy atom. The Labute approximate surface area is 118 Å². The van der Waals surface area contributed by atoms with Gasteiger partial charge in [0, 0.05) is 17.6 Å². The van der Waals surface area contributed by atoms with Crippen molar-refractivity contribution in [2.75, 3.05) is 19.6 Å². The molecule has 2 aliphatic rings. The number of urea groups is 1. The van der Waals surface area contributed by atoms with Gasteiger partial charge in [0.05, 0.1) is 6.04 Å². The molecule has 1 aromatic carbocycles. The van der Waals surface area contributed by atoms with E-state index in [0.29, 0.717) is 12.6 Å². The number of nitrogens with one attached hydrogen (secondary N) is 2. The molecule has 2 aliphatic heterocycles. The first kappa shape index (κ1) is 12.8. The van der Waals surface area contributed by atoms with Gasteiger partial charge in [0.25, 0.3) is 0 Å². The third-order valence-electron chi connectivity index (χ3n) is 3.95. The highest BCUT2D eigenvalue weighted by atomic mass is 35.5. The van der Waals surface area contributed by atoms with Crippen LogP contribution < -0.4 is 10.6 Å². The number of benzene rings is 1. The van der Waals surface area contributed by atoms with Gasteiger partial charge in [-0.1, -0.05) is 23.7 Å². The molecule has 102 valence electrons. The molecule has 0 aromatic heterocycles. The average Bonchev–Trinajstić information content (AvgIpc) is 2.82. The van der Waals surface area contributed by atoms with Gasteiger partial charge in [-0.3, -0.25) is 0 Å². The SMILES string of the molecule is O=C1NCC(c2cccc(Cl)c2)N1C1CCNCC1. The molecule has 2 heterocycles. The van der Waals surface area contributed by atoms with Crippen LogP contribution in [0.4, 0.5) is 4.79 Å². The summed E-state index contributed by atoms with van der Waals surface area (Å²) in [6, 6.07) is 8.30. The molecule has 2 amide bonds. The van der Waals surface area contributed by atoms with E-state index in [1.54, 1.807) is 0 Å². The highest BCUT2D eigenvalue weighted by Gasteiger charge is 2.37. The molecule has 5 heteroatoms. The zero-order chi connectivity index (χ0) is 13.2. The van der Waals surface area contributed by atoms with Crippen molar-refractivity contribution >= 4 is 17.6 Å². The first-order valence-corrected chi connectivity index (χ1v) is 7.16. The molecule has 3 rings (SSSR count). The van der Waals surface area contributed by atoms with Gasteiger partial charge in [-0.2, -0.15) is 0 Å². The molecule has 0 saturated carbocycles. The van der Waals surface area contributed by atoms with Crippen LogP contribution in [0.3, 0.4) is 0 Å². The maximum Gasteiger partial charge on any atom is 0.318 e. The molecule has 0 radical (unpaired) electrons. The van der Waals surface area contributed by atoms with Gasteiger partial charge < -0.3 is 15.5 Å². The van der Waals surface area contributed by atoms with Gasteiger partial charge in [-0.05, 0) is 43.6 Å². The summed E-state index contributed by atoms with van der Waals surface area (Å²) in [4.78, 5) is 14.1. The number of piperidine rings is 1. The predicted molar refractivity (Wildman–Crippen MR) is 75.3 cm³/mol. The van der Waals surface area contributed by atoms with Crippen LogP contribution in [0.5, 0.6) is 0 Å². The van der Waals surface area contributed by atoms with Crippen molar-refractivity contribution in [1.29, 1.82) is 0 Å². The number of hydrogen-bond acceptors (Lipinski definition) is 2. The van der Waals surface area contributed by atoms with Gasteiger partial charge in [0.2, 0.25) is 0 Å². The van der Waals surface area contributed by atoms with Crippen molar-refractivity contribution in [3.8, 4) is 0 Å². The summed E-state index contributed by atoms with van der Waals surface area (Å²) in [5, 5.41) is 7.02. The quantitative estimate of drug-likeness (QED) is 0.871. The van der Waals surface area contributed by atoms with Gasteiger partial charge in [0.15, 0.2) is 0 Å². The minimum atomic E-state index is 0.0527. The summed E-state index contributed by atoms with van der Waals surface area (Å²) in [6.07, 6.45) is 2.04. The van der Waals surface area contributed by atoms with Crippen molar-refractivity contribution in [3.05, 3.63) is 34.9 Å². The monoisotopic (exact) mass is 279 g/mol. The van der Waals surface area contributed by atoms with E-state index in [1.807, 2.05) is 29.2 Å². The number of halogens is 1. The summed E-state index contributed by atoms with van der Waals surface area (Å²) in [5.74, 6) is 0. The Bertz CT molecular complexity index is 474. The van der Waals surface area contributed by atoms with Gasteiger partial charge in [-0.15, -0.1) is 0 Å². The van der Waals surface area contributed by atoms with E-state index in [2.05, 4.69) is 10.6 Å². The van der Waals surface area contributed by atoms with Crippen LogP contribution in [0.1, 0.15) is 24.4 Å². The smallest absolute Gasteiger partial charge is 0.318 e. The molecule has 2 saturated heterocycles. The molecule has 0 bridgehead atoms. The molecular formula is C14H18ClN3O. The molecular weight excluding hydrogens is 262 g/mol. The zero-order valence-corrected chi connectivity index (χ0v) is 11.5. The van der Waals surface area contributed by atoms with Gasteiger partial charge in [0.1, 0.15) is 0 Å². The summed E-state index contributed by atoms with van der Waals surface area (Å²) in [6.45, 7) is 2.64. The maximum atomic E-state index is 12.1. The predicted octanol–water partition coefficient (Wildman–Crippen LogP) is 2.16. The van der Waals surface area contributed by atoms with E-state index in [1.165, 1.54) is 0 Å². The van der Waals surface area contributed by atoms with E-state index >= 15 is 0 Å². The second-order valence-electron chi connectivity index (χ2n) is 5.15. The molecule has 4 nitrogen and oxygen atoms in total. The largest absolute Gasteiger partial charge is 0.336 e. The zero-order valence-electron chi connectivity index (χ0n) is 10.7. The first-order valence-electron chi connectivity index (χ1n) is 6.78. The van der Waals surface area contributed by atoms with E-state index < -0.39 is 0 Å². The van der Waals surface area contributed by atoms with E-state index in [4.69, 9.17) is 11.6 Å². The molecule has 1 unspecified atom stereocenters. The van der Waals surface area contributed by atoms with Crippen molar-refractivity contribution in [2.24, 2.45) is 0 Å². The lowest BCUT2D eigenvalue weighted by atomic mass is 10.00. The Kier molecular flexibility index (Phi) is 3.62. The fourth-order valence-electron chi connectivity index (χ4n) is 3.01. The van der Waals surface area contributed by atoms with Crippen LogP contribution in [0.25, 0.3) is 0 Å². The second kappa shape index (κ2) is 5.39. The highest BCUT2D eigenvalue weighted by molar-refractivity contribution is 6.30. The minimum Gasteiger partial charge on any atom is -0.336 e. The van der Waals surface area contributed by atoms with Crippen LogP contribution >= 0.6 is 11.6 Å². The normalized spacial score (nSPS) is 24.6. The fraction of sp³-hybridized carbons (Fsp3) is 0.500. The van der Waals surface area contributed by atoms with Crippen molar-refractivity contribution in [2.45, 2.75) is 24.9 Å². The molecule has 19 heavy (non-hydrogen) atoms. The number of hydrogen-bond donors (Lipinski definition) is 2. The van der Waals surface area contributed by atoms with E-state index in [-0.39, 0.29) is 12.1 Å². The van der Waals surface area contributed by atoms with E-state index in [0.717, 1.165) is 36.5 Å². The lowest BCUT2D eigenvalue weighted by molar-refractivity contribution is 0.157. The first-order chi connectivity index (χ1) is 9.25. The summed E-state index contributed by atoms with van der Waals surface area (Å²) < 4.78 is 0. The molecule has 2 N–H and O–H groups in total. The Morgan fingerprint density at radius 2 is 2.05 bits per heavy atom. The number of rotatable bonds is 2. The van der Waals surface area contributed by atoms with E-state index in [9.17, 15) is 4.79 Å². The van der Waals surface area contributed by atoms with Crippen LogP contribution in [0.2, 0.25) is 5.02 Å². The molecule has 2 fully saturated rings. The molecule has 1 atom stereocenters. The summed E-state index contributed by atoms with van der Waals surface area (Å²) >= 11 is 6.06. The van der Waals surface area contributed by atoms with Crippen LogP contribution in [-0.2, 0) is 0 Å². The summed E-state index contributed by atoms with van der Waals surface area (Å²) in [7, 11) is 0. The molecule has 0 aliphatic carbocycles. The van der Waals surface area contributed by atoms with Gasteiger partial charge >= 0.3 is 6.03 Å². The third kappa shape index (κ3) is 2.55. The third-order valence-corrected chi connectivity index (χ3v) is 4.19. The Morgan fingerprint density at radius 3 is 2.79 bits per heavy atom. The standard InChI is InChI=1S/C14H18ClN3O/c15-11-3-1-2-10(8-11)13-9-17-14(19)18(13)12-4-6-16-7-5-12/h1-3,8,12-13,16H,4-7,9H2,(H,17,19). The Balaban J connectivity index is 1.85. The van der Waals surface area contributed by atoms with Gasteiger partial charge in [-0.25, -0.2) is 4.79 Å². The minimum absolute atomic E-state index is 0.0527. The van der Waals surface area contributed by atoms with Crippen LogP contribution in [0, 0.1) is 0 Å². The van der Waals surface area contributed by atoms with Crippen molar-refractivity contribution < 1.29 is 4.79 Å². The number of carbonyl (C=O) groups excluding carboxylic acids is 1. The topological polar surface area (TPSA) is 44.4 Å². The second-order valence-corrected chi connectivity index (χ2v) is 5.58.